The van der Waals surface area contributed by atoms with Crippen molar-refractivity contribution in [1.29, 1.82) is 0 Å². The predicted molar refractivity (Wildman–Crippen MR) is 63.8 cm³/mol. The molecule has 0 saturated carbocycles. The summed E-state index contributed by atoms with van der Waals surface area (Å²) in [5, 5.41) is 2.78. The van der Waals surface area contributed by atoms with Gasteiger partial charge in [-0.05, 0) is 18.6 Å². The molecule has 0 saturated heterocycles. The summed E-state index contributed by atoms with van der Waals surface area (Å²) in [5.41, 5.74) is 0.316. The first kappa shape index (κ1) is 13.9. The molecular formula is C11H15F2NO2S. The van der Waals surface area contributed by atoms with E-state index >= 15 is 0 Å². The number of nitrogens with one attached hydrogen (secondary N) is 1. The lowest BCUT2D eigenvalue weighted by molar-refractivity contribution is 0.583. The fourth-order valence-corrected chi connectivity index (χ4v) is 2.20. The highest BCUT2D eigenvalue weighted by atomic mass is 32.2. The van der Waals surface area contributed by atoms with Crippen LogP contribution in [-0.2, 0) is 9.84 Å². The van der Waals surface area contributed by atoms with Crippen molar-refractivity contribution in [1.82, 2.24) is 0 Å². The Labute approximate surface area is 99.8 Å². The lowest BCUT2D eigenvalue weighted by atomic mass is 10.3. The van der Waals surface area contributed by atoms with Gasteiger partial charge in [0, 0.05) is 24.1 Å². The van der Waals surface area contributed by atoms with Crippen LogP contribution in [-0.4, -0.2) is 26.5 Å². The van der Waals surface area contributed by atoms with Gasteiger partial charge < -0.3 is 5.32 Å². The molecule has 96 valence electrons. The molecule has 0 unspecified atom stereocenters. The topological polar surface area (TPSA) is 46.2 Å². The number of benzene rings is 1. The zero-order valence-electron chi connectivity index (χ0n) is 9.54. The minimum atomic E-state index is -2.98. The average molecular weight is 263 g/mol. The van der Waals surface area contributed by atoms with Gasteiger partial charge in [0.2, 0.25) is 0 Å². The fraction of sp³-hybridized carbons (Fsp3) is 0.455. The highest BCUT2D eigenvalue weighted by Crippen LogP contribution is 2.12. The first-order valence-electron chi connectivity index (χ1n) is 5.33. The molecule has 0 amide bonds. The molecule has 1 aromatic carbocycles. The molecule has 0 atom stereocenters. The third-order valence-electron chi connectivity index (χ3n) is 2.26. The maximum absolute atomic E-state index is 12.8. The smallest absolute Gasteiger partial charge is 0.150 e. The van der Waals surface area contributed by atoms with Gasteiger partial charge in [0.1, 0.15) is 21.5 Å². The van der Waals surface area contributed by atoms with Crippen LogP contribution in [0.15, 0.2) is 18.2 Å². The highest BCUT2D eigenvalue weighted by molar-refractivity contribution is 7.91. The first-order valence-corrected chi connectivity index (χ1v) is 7.15. The molecule has 1 N–H and O–H groups in total. The maximum Gasteiger partial charge on any atom is 0.150 e. The van der Waals surface area contributed by atoms with E-state index in [1.54, 1.807) is 6.92 Å². The van der Waals surface area contributed by atoms with Crippen LogP contribution in [0.5, 0.6) is 0 Å². The molecule has 0 aliphatic carbocycles. The van der Waals surface area contributed by atoms with Crippen LogP contribution < -0.4 is 5.32 Å². The summed E-state index contributed by atoms with van der Waals surface area (Å²) in [6, 6.07) is 3.11. The molecule has 0 aliphatic rings. The third kappa shape index (κ3) is 5.12. The molecule has 1 aromatic rings. The summed E-state index contributed by atoms with van der Waals surface area (Å²) >= 11 is 0. The zero-order valence-corrected chi connectivity index (χ0v) is 10.4. The standard InChI is InChI=1S/C11H15F2NO2S/c1-2-17(15,16)5-3-4-14-11-7-9(12)6-10(13)8-11/h6-8,14H,2-5H2,1H3. The fourth-order valence-electron chi connectivity index (χ4n) is 1.33. The number of hydrogen-bond acceptors (Lipinski definition) is 3. The van der Waals surface area contributed by atoms with Gasteiger partial charge in [-0.15, -0.1) is 0 Å². The Morgan fingerprint density at radius 2 is 1.76 bits per heavy atom. The molecule has 0 aliphatic heterocycles. The Hall–Kier alpha value is -1.17. The summed E-state index contributed by atoms with van der Waals surface area (Å²) in [6.45, 7) is 1.95. The van der Waals surface area contributed by atoms with Gasteiger partial charge in [0.05, 0.1) is 5.75 Å². The molecule has 0 spiro atoms. The van der Waals surface area contributed by atoms with Gasteiger partial charge in [-0.3, -0.25) is 0 Å². The van der Waals surface area contributed by atoms with Crippen LogP contribution >= 0.6 is 0 Å². The number of rotatable bonds is 6. The van der Waals surface area contributed by atoms with Crippen molar-refractivity contribution in [3.63, 3.8) is 0 Å². The van der Waals surface area contributed by atoms with Crippen LogP contribution in [0.4, 0.5) is 14.5 Å². The second kappa shape index (κ2) is 5.95. The number of sulfone groups is 1. The molecule has 6 heteroatoms. The molecule has 1 rings (SSSR count). The average Bonchev–Trinajstić information content (AvgIpc) is 2.23. The van der Waals surface area contributed by atoms with Crippen molar-refractivity contribution in [3.05, 3.63) is 29.8 Å². The normalized spacial score (nSPS) is 11.5. The van der Waals surface area contributed by atoms with Crippen molar-refractivity contribution in [2.75, 3.05) is 23.4 Å². The van der Waals surface area contributed by atoms with Crippen molar-refractivity contribution in [3.8, 4) is 0 Å². The SMILES string of the molecule is CCS(=O)(=O)CCCNc1cc(F)cc(F)c1. The summed E-state index contributed by atoms with van der Waals surface area (Å²) < 4.78 is 48.0. The summed E-state index contributed by atoms with van der Waals surface area (Å²) in [5.74, 6) is -1.13. The predicted octanol–water partition coefficient (Wildman–Crippen LogP) is 2.20. The molecule has 0 bridgehead atoms. The van der Waals surface area contributed by atoms with E-state index in [4.69, 9.17) is 0 Å². The number of halogens is 2. The van der Waals surface area contributed by atoms with Crippen molar-refractivity contribution < 1.29 is 17.2 Å². The molecule has 0 heterocycles. The minimum Gasteiger partial charge on any atom is -0.385 e. The van der Waals surface area contributed by atoms with Gasteiger partial charge in [0.15, 0.2) is 0 Å². The molecule has 0 aromatic heterocycles. The van der Waals surface area contributed by atoms with Gasteiger partial charge in [-0.25, -0.2) is 17.2 Å². The third-order valence-corrected chi connectivity index (χ3v) is 4.05. The van der Waals surface area contributed by atoms with E-state index in [2.05, 4.69) is 5.32 Å². The van der Waals surface area contributed by atoms with Crippen LogP contribution in [0.1, 0.15) is 13.3 Å². The lowest BCUT2D eigenvalue weighted by Crippen LogP contribution is -2.13. The number of hydrogen-bond donors (Lipinski definition) is 1. The second-order valence-corrected chi connectivity index (χ2v) is 6.15. The Morgan fingerprint density at radius 1 is 1.18 bits per heavy atom. The van der Waals surface area contributed by atoms with Crippen molar-refractivity contribution >= 4 is 15.5 Å². The molecule has 0 radical (unpaired) electrons. The van der Waals surface area contributed by atoms with Crippen LogP contribution in [0, 0.1) is 11.6 Å². The summed E-state index contributed by atoms with van der Waals surface area (Å²) in [4.78, 5) is 0. The first-order chi connectivity index (χ1) is 7.93. The van der Waals surface area contributed by atoms with E-state index in [1.165, 1.54) is 0 Å². The maximum atomic E-state index is 12.8. The van der Waals surface area contributed by atoms with Crippen molar-refractivity contribution in [2.45, 2.75) is 13.3 Å². The molecular weight excluding hydrogens is 248 g/mol. The molecule has 17 heavy (non-hydrogen) atoms. The van der Waals surface area contributed by atoms with Gasteiger partial charge in [-0.2, -0.15) is 0 Å². The van der Waals surface area contributed by atoms with E-state index in [0.29, 0.717) is 18.7 Å². The second-order valence-electron chi connectivity index (χ2n) is 3.67. The van der Waals surface area contributed by atoms with Crippen molar-refractivity contribution in [2.24, 2.45) is 0 Å². The van der Waals surface area contributed by atoms with E-state index in [9.17, 15) is 17.2 Å². The van der Waals surface area contributed by atoms with E-state index in [1.807, 2.05) is 0 Å². The van der Waals surface area contributed by atoms with E-state index in [0.717, 1.165) is 18.2 Å². The van der Waals surface area contributed by atoms with Crippen LogP contribution in [0.2, 0.25) is 0 Å². The Kier molecular flexibility index (Phi) is 4.86. The lowest BCUT2D eigenvalue weighted by Gasteiger charge is -2.06. The summed E-state index contributed by atoms with van der Waals surface area (Å²) in [6.07, 6.45) is 0.411. The Morgan fingerprint density at radius 3 is 2.29 bits per heavy atom. The van der Waals surface area contributed by atoms with Crippen LogP contribution in [0.3, 0.4) is 0 Å². The van der Waals surface area contributed by atoms with Gasteiger partial charge >= 0.3 is 0 Å². The minimum absolute atomic E-state index is 0.0777. The molecule has 0 fully saturated rings. The van der Waals surface area contributed by atoms with Crippen LogP contribution in [0.25, 0.3) is 0 Å². The highest BCUT2D eigenvalue weighted by Gasteiger charge is 2.06. The van der Waals surface area contributed by atoms with E-state index in [-0.39, 0.29) is 11.5 Å². The zero-order chi connectivity index (χ0) is 12.9. The summed E-state index contributed by atoms with van der Waals surface area (Å²) in [7, 11) is -2.98. The quantitative estimate of drug-likeness (QED) is 0.800. The Balaban J connectivity index is 2.41. The van der Waals surface area contributed by atoms with Gasteiger partial charge in [0.25, 0.3) is 0 Å². The monoisotopic (exact) mass is 263 g/mol. The number of anilines is 1. The van der Waals surface area contributed by atoms with E-state index < -0.39 is 21.5 Å². The van der Waals surface area contributed by atoms with Gasteiger partial charge in [-0.1, -0.05) is 6.92 Å². The molecule has 3 nitrogen and oxygen atoms in total. The Bertz CT molecular complexity index is 454. The largest absolute Gasteiger partial charge is 0.385 e.